The molecule has 3 N–H and O–H groups in total. The molecule has 3 amide bonds. The minimum absolute atomic E-state index is 0.0647. The number of imide groups is 1. The quantitative estimate of drug-likeness (QED) is 0.748. The molecule has 1 saturated carbocycles. The van der Waals surface area contributed by atoms with Crippen LogP contribution >= 0.6 is 0 Å². The predicted molar refractivity (Wildman–Crippen MR) is 107 cm³/mol. The summed E-state index contributed by atoms with van der Waals surface area (Å²) in [6, 6.07) is 5.30. The highest BCUT2D eigenvalue weighted by Crippen LogP contribution is 2.39. The van der Waals surface area contributed by atoms with Crippen molar-refractivity contribution in [1.29, 1.82) is 0 Å². The minimum atomic E-state index is -0.567. The summed E-state index contributed by atoms with van der Waals surface area (Å²) in [7, 11) is 0. The Hall–Kier alpha value is -2.25. The number of nitrogens with two attached hydrogens (primary N) is 1. The molecule has 1 aromatic rings. The van der Waals surface area contributed by atoms with Crippen molar-refractivity contribution in [1.82, 2.24) is 15.1 Å². The minimum Gasteiger partial charge on any atom is -0.324 e. The summed E-state index contributed by atoms with van der Waals surface area (Å²) in [4.78, 5) is 40.8. The van der Waals surface area contributed by atoms with Crippen LogP contribution in [0.1, 0.15) is 60.0 Å². The van der Waals surface area contributed by atoms with Gasteiger partial charge >= 0.3 is 0 Å². The number of hydrogen-bond donors (Lipinski definition) is 2. The van der Waals surface area contributed by atoms with Gasteiger partial charge in [-0.25, -0.2) is 0 Å². The van der Waals surface area contributed by atoms with Crippen molar-refractivity contribution in [2.75, 3.05) is 13.1 Å². The van der Waals surface area contributed by atoms with Gasteiger partial charge in [0.1, 0.15) is 6.04 Å². The summed E-state index contributed by atoms with van der Waals surface area (Å²) in [5.74, 6) is -0.170. The molecule has 7 heteroatoms. The van der Waals surface area contributed by atoms with Crippen molar-refractivity contribution in [3.05, 3.63) is 34.9 Å². The molecule has 1 aromatic carbocycles. The van der Waals surface area contributed by atoms with Gasteiger partial charge in [0.25, 0.3) is 5.91 Å². The smallest absolute Gasteiger partial charge is 0.255 e. The molecule has 3 heterocycles. The number of likely N-dealkylation sites (tertiary alicyclic amines) is 1. The van der Waals surface area contributed by atoms with Crippen molar-refractivity contribution in [3.63, 3.8) is 0 Å². The number of fused-ring (bicyclic) bond motifs is 2. The number of nitrogens with zero attached hydrogens (tertiary/aromatic N) is 2. The van der Waals surface area contributed by atoms with Crippen LogP contribution in [0.3, 0.4) is 0 Å². The van der Waals surface area contributed by atoms with Crippen LogP contribution in [0, 0.1) is 5.92 Å². The summed E-state index contributed by atoms with van der Waals surface area (Å²) in [5, 5.41) is 2.37. The zero-order valence-electron chi connectivity index (χ0n) is 16.7. The van der Waals surface area contributed by atoms with Crippen LogP contribution < -0.4 is 11.1 Å². The van der Waals surface area contributed by atoms with E-state index in [0.717, 1.165) is 37.2 Å². The van der Waals surface area contributed by atoms with E-state index in [1.807, 2.05) is 12.1 Å². The van der Waals surface area contributed by atoms with E-state index >= 15 is 0 Å². The maximum Gasteiger partial charge on any atom is 0.255 e. The highest BCUT2D eigenvalue weighted by molar-refractivity contribution is 6.05. The molecule has 3 aliphatic heterocycles. The average Bonchev–Trinajstić information content (AvgIpc) is 3.19. The Kier molecular flexibility index (Phi) is 4.47. The Bertz CT molecular complexity index is 885. The second kappa shape index (κ2) is 6.92. The van der Waals surface area contributed by atoms with Gasteiger partial charge in [0.2, 0.25) is 11.8 Å². The van der Waals surface area contributed by atoms with Crippen LogP contribution in [-0.2, 0) is 22.7 Å². The van der Waals surface area contributed by atoms with E-state index < -0.39 is 6.04 Å². The summed E-state index contributed by atoms with van der Waals surface area (Å²) >= 11 is 0. The van der Waals surface area contributed by atoms with E-state index in [0.29, 0.717) is 24.4 Å². The van der Waals surface area contributed by atoms with Crippen LogP contribution in [0.15, 0.2) is 18.2 Å². The van der Waals surface area contributed by atoms with E-state index in [-0.39, 0.29) is 29.7 Å². The van der Waals surface area contributed by atoms with E-state index in [2.05, 4.69) is 16.3 Å². The number of piperidine rings is 1. The first-order valence-corrected chi connectivity index (χ1v) is 10.7. The Morgan fingerprint density at radius 3 is 2.83 bits per heavy atom. The van der Waals surface area contributed by atoms with Gasteiger partial charge in [-0.05, 0) is 42.4 Å². The molecule has 154 valence electrons. The Labute approximate surface area is 170 Å². The molecule has 5 rings (SSSR count). The van der Waals surface area contributed by atoms with Gasteiger partial charge < -0.3 is 10.6 Å². The zero-order chi connectivity index (χ0) is 20.2. The zero-order valence-corrected chi connectivity index (χ0v) is 16.7. The van der Waals surface area contributed by atoms with Crippen LogP contribution in [-0.4, -0.2) is 52.2 Å². The predicted octanol–water partition coefficient (Wildman–Crippen LogP) is 1.15. The number of rotatable bonds is 3. The van der Waals surface area contributed by atoms with Crippen molar-refractivity contribution >= 4 is 17.7 Å². The third kappa shape index (κ3) is 3.16. The van der Waals surface area contributed by atoms with Crippen molar-refractivity contribution in [2.24, 2.45) is 11.7 Å². The van der Waals surface area contributed by atoms with Crippen LogP contribution in [0.2, 0.25) is 0 Å². The monoisotopic (exact) mass is 396 g/mol. The van der Waals surface area contributed by atoms with E-state index in [1.165, 1.54) is 19.3 Å². The van der Waals surface area contributed by atoms with Gasteiger partial charge in [0.15, 0.2) is 0 Å². The highest BCUT2D eigenvalue weighted by atomic mass is 16.2. The second-order valence-electron chi connectivity index (χ2n) is 9.19. The van der Waals surface area contributed by atoms with E-state index in [9.17, 15) is 14.4 Å². The van der Waals surface area contributed by atoms with Gasteiger partial charge in [0.05, 0.1) is 0 Å². The Balaban J connectivity index is 1.35. The van der Waals surface area contributed by atoms with Crippen molar-refractivity contribution < 1.29 is 14.4 Å². The summed E-state index contributed by atoms with van der Waals surface area (Å²) in [6.45, 7) is 3.15. The Morgan fingerprint density at radius 2 is 2.03 bits per heavy atom. The number of carbonyl (C=O) groups is 3. The van der Waals surface area contributed by atoms with E-state index in [1.54, 1.807) is 4.90 Å². The molecule has 4 aliphatic rings. The lowest BCUT2D eigenvalue weighted by Crippen LogP contribution is -2.52. The van der Waals surface area contributed by atoms with Gasteiger partial charge in [-0.3, -0.25) is 24.6 Å². The first kappa shape index (κ1) is 18.8. The largest absolute Gasteiger partial charge is 0.324 e. The SMILES string of the molecule is N[C@@]12CCCC[C@@H]1CN(Cc1cccc3c1CN(C1CCC(=O)NC1=O)C3=O)C2. The lowest BCUT2D eigenvalue weighted by Gasteiger charge is -2.34. The van der Waals surface area contributed by atoms with Crippen LogP contribution in [0.4, 0.5) is 0 Å². The highest BCUT2D eigenvalue weighted by Gasteiger charge is 2.45. The molecule has 1 aliphatic carbocycles. The number of hydrogen-bond acceptors (Lipinski definition) is 5. The fraction of sp³-hybridized carbons (Fsp3) is 0.591. The summed E-state index contributed by atoms with van der Waals surface area (Å²) in [6.07, 6.45) is 5.47. The molecule has 2 saturated heterocycles. The lowest BCUT2D eigenvalue weighted by molar-refractivity contribution is -0.136. The van der Waals surface area contributed by atoms with Crippen LogP contribution in [0.5, 0.6) is 0 Å². The van der Waals surface area contributed by atoms with Gasteiger partial charge in [-0.15, -0.1) is 0 Å². The Morgan fingerprint density at radius 1 is 1.17 bits per heavy atom. The first-order chi connectivity index (χ1) is 13.9. The fourth-order valence-electron chi connectivity index (χ4n) is 5.77. The molecule has 3 fully saturated rings. The summed E-state index contributed by atoms with van der Waals surface area (Å²) < 4.78 is 0. The molecule has 0 spiro atoms. The molecule has 0 aromatic heterocycles. The normalized spacial score (nSPS) is 32.3. The van der Waals surface area contributed by atoms with Gasteiger partial charge in [-0.1, -0.05) is 25.0 Å². The number of carbonyl (C=O) groups excluding carboxylic acids is 3. The lowest BCUT2D eigenvalue weighted by atomic mass is 9.76. The van der Waals surface area contributed by atoms with Gasteiger partial charge in [0, 0.05) is 43.7 Å². The first-order valence-electron chi connectivity index (χ1n) is 10.7. The van der Waals surface area contributed by atoms with Crippen molar-refractivity contribution in [3.8, 4) is 0 Å². The van der Waals surface area contributed by atoms with E-state index in [4.69, 9.17) is 5.73 Å². The molecular weight excluding hydrogens is 368 g/mol. The number of nitrogens with one attached hydrogen (secondary N) is 1. The summed E-state index contributed by atoms with van der Waals surface area (Å²) in [5.41, 5.74) is 9.50. The molecule has 7 nitrogen and oxygen atoms in total. The van der Waals surface area contributed by atoms with Crippen LogP contribution in [0.25, 0.3) is 0 Å². The number of benzene rings is 1. The number of amides is 3. The standard InChI is InChI=1S/C22H28N4O3/c23-22-9-2-1-5-15(22)11-25(13-22)10-14-4-3-6-16-17(14)12-26(21(16)29)18-7-8-19(27)24-20(18)28/h3-4,6,15,18H,1-2,5,7-13,23H2,(H,24,27,28)/t15-,18?,22-/m1/s1. The third-order valence-electron chi connectivity index (χ3n) is 7.33. The maximum atomic E-state index is 13.0. The molecule has 3 atom stereocenters. The average molecular weight is 396 g/mol. The second-order valence-corrected chi connectivity index (χ2v) is 9.19. The third-order valence-corrected chi connectivity index (χ3v) is 7.33. The molecule has 29 heavy (non-hydrogen) atoms. The fourth-order valence-corrected chi connectivity index (χ4v) is 5.77. The van der Waals surface area contributed by atoms with Crippen molar-refractivity contribution in [2.45, 2.75) is 63.2 Å². The molecular formula is C22H28N4O3. The van der Waals surface area contributed by atoms with Gasteiger partial charge in [-0.2, -0.15) is 0 Å². The molecule has 0 radical (unpaired) electrons. The molecule has 1 unspecified atom stereocenters. The maximum absolute atomic E-state index is 13.0. The molecule has 0 bridgehead atoms. The topological polar surface area (TPSA) is 95.7 Å².